The van der Waals surface area contributed by atoms with Gasteiger partial charge < -0.3 is 15.4 Å². The molecule has 1 atom stereocenters. The van der Waals surface area contributed by atoms with E-state index in [1.165, 1.54) is 6.07 Å². The second-order valence-corrected chi connectivity index (χ2v) is 7.41. The zero-order valence-electron chi connectivity index (χ0n) is 16.6. The first-order valence-electron chi connectivity index (χ1n) is 9.76. The summed E-state index contributed by atoms with van der Waals surface area (Å²) >= 11 is 0. The third kappa shape index (κ3) is 3.40. The Labute approximate surface area is 179 Å². The minimum atomic E-state index is -4.48. The number of ether oxygens (including phenoxy) is 1. The molecule has 0 saturated carbocycles. The van der Waals surface area contributed by atoms with Gasteiger partial charge in [-0.05, 0) is 30.3 Å². The highest BCUT2D eigenvalue weighted by Gasteiger charge is 2.33. The molecule has 4 aromatic rings. The molecule has 32 heavy (non-hydrogen) atoms. The molecule has 1 aliphatic heterocycles. The third-order valence-corrected chi connectivity index (χ3v) is 5.47. The molecular weight excluding hydrogens is 425 g/mol. The van der Waals surface area contributed by atoms with Crippen LogP contribution in [0.15, 0.2) is 49.1 Å². The number of nitrogens with two attached hydrogens (primary N) is 1. The molecule has 164 valence electrons. The summed E-state index contributed by atoms with van der Waals surface area (Å²) in [5.41, 5.74) is 7.74. The zero-order valence-corrected chi connectivity index (χ0v) is 16.6. The van der Waals surface area contributed by atoms with Crippen LogP contribution in [0.2, 0.25) is 0 Å². The number of hydrogen-bond acceptors (Lipinski definition) is 6. The van der Waals surface area contributed by atoms with Crippen LogP contribution in [-0.4, -0.2) is 49.9 Å². The quantitative estimate of drug-likeness (QED) is 0.512. The number of hydrogen-bond donors (Lipinski definition) is 1. The van der Waals surface area contributed by atoms with Crippen LogP contribution in [0.1, 0.15) is 27.7 Å². The van der Waals surface area contributed by atoms with Gasteiger partial charge >= 0.3 is 6.18 Å². The fourth-order valence-corrected chi connectivity index (χ4v) is 3.84. The second kappa shape index (κ2) is 7.45. The number of pyridine rings is 1. The van der Waals surface area contributed by atoms with Crippen molar-refractivity contribution in [1.29, 1.82) is 0 Å². The molecule has 3 aromatic heterocycles. The number of fused-ring (bicyclic) bond motifs is 3. The lowest BCUT2D eigenvalue weighted by Crippen LogP contribution is -2.43. The summed E-state index contributed by atoms with van der Waals surface area (Å²) in [5, 5.41) is 0. The van der Waals surface area contributed by atoms with Gasteiger partial charge in [0.25, 0.3) is 5.91 Å². The van der Waals surface area contributed by atoms with Crippen LogP contribution in [0.25, 0.3) is 16.6 Å². The Kier molecular flexibility index (Phi) is 4.70. The van der Waals surface area contributed by atoms with Crippen molar-refractivity contribution >= 4 is 28.3 Å². The number of carbonyl (C=O) groups is 1. The van der Waals surface area contributed by atoms with Crippen LogP contribution in [0, 0.1) is 0 Å². The average Bonchev–Trinajstić information content (AvgIpc) is 3.29. The van der Waals surface area contributed by atoms with Crippen molar-refractivity contribution in [3.63, 3.8) is 0 Å². The fourth-order valence-electron chi connectivity index (χ4n) is 3.84. The largest absolute Gasteiger partial charge is 0.417 e. The number of amides is 1. The number of anilines is 1. The highest BCUT2D eigenvalue weighted by Crippen LogP contribution is 2.31. The van der Waals surface area contributed by atoms with E-state index in [9.17, 15) is 18.0 Å². The summed E-state index contributed by atoms with van der Waals surface area (Å²) < 4.78 is 45.9. The summed E-state index contributed by atoms with van der Waals surface area (Å²) in [5.74, 6) is 0.0442. The maximum Gasteiger partial charge on any atom is 0.417 e. The Morgan fingerprint density at radius 3 is 2.75 bits per heavy atom. The molecule has 0 aliphatic carbocycles. The Morgan fingerprint density at radius 2 is 2.00 bits per heavy atom. The van der Waals surface area contributed by atoms with E-state index in [2.05, 4.69) is 15.0 Å². The molecule has 11 heteroatoms. The van der Waals surface area contributed by atoms with E-state index in [0.717, 1.165) is 12.3 Å². The van der Waals surface area contributed by atoms with E-state index in [0.29, 0.717) is 40.2 Å². The summed E-state index contributed by atoms with van der Waals surface area (Å²) in [6.07, 6.45) is -0.530. The van der Waals surface area contributed by atoms with Crippen LogP contribution in [0.3, 0.4) is 0 Å². The van der Waals surface area contributed by atoms with Gasteiger partial charge in [0, 0.05) is 18.3 Å². The Balaban J connectivity index is 1.50. The molecule has 1 aromatic carbocycles. The lowest BCUT2D eigenvalue weighted by molar-refractivity contribution is -0.137. The van der Waals surface area contributed by atoms with Gasteiger partial charge in [-0.3, -0.25) is 14.2 Å². The van der Waals surface area contributed by atoms with Gasteiger partial charge in [-0.15, -0.1) is 0 Å². The molecule has 1 saturated heterocycles. The molecule has 8 nitrogen and oxygen atoms in total. The monoisotopic (exact) mass is 442 g/mol. The number of morpholine rings is 1. The predicted molar refractivity (Wildman–Crippen MR) is 109 cm³/mol. The number of carbonyl (C=O) groups excluding carboxylic acids is 1. The number of benzene rings is 1. The van der Waals surface area contributed by atoms with Crippen LogP contribution in [-0.2, 0) is 10.9 Å². The Hall–Kier alpha value is -3.73. The van der Waals surface area contributed by atoms with E-state index in [4.69, 9.17) is 10.5 Å². The summed E-state index contributed by atoms with van der Waals surface area (Å²) in [4.78, 5) is 27.4. The second-order valence-electron chi connectivity index (χ2n) is 7.41. The Morgan fingerprint density at radius 1 is 1.16 bits per heavy atom. The van der Waals surface area contributed by atoms with Crippen LogP contribution in [0.5, 0.6) is 0 Å². The summed E-state index contributed by atoms with van der Waals surface area (Å²) in [6, 6.07) is 6.68. The Bertz CT molecular complexity index is 1320. The molecule has 1 fully saturated rings. The minimum Gasteiger partial charge on any atom is -0.382 e. The number of rotatable bonds is 2. The molecule has 1 amide bonds. The van der Waals surface area contributed by atoms with Crippen molar-refractivity contribution in [2.24, 2.45) is 0 Å². The van der Waals surface area contributed by atoms with Gasteiger partial charge in [-0.2, -0.15) is 13.2 Å². The highest BCUT2D eigenvalue weighted by atomic mass is 19.4. The molecule has 1 unspecified atom stereocenters. The molecule has 4 heterocycles. The number of aromatic nitrogens is 4. The first kappa shape index (κ1) is 20.2. The van der Waals surface area contributed by atoms with Crippen LogP contribution in [0.4, 0.5) is 19.0 Å². The summed E-state index contributed by atoms with van der Waals surface area (Å²) in [6.45, 7) is 0.743. The first-order chi connectivity index (χ1) is 15.3. The van der Waals surface area contributed by atoms with Crippen molar-refractivity contribution in [3.05, 3.63) is 65.9 Å². The first-order valence-corrected chi connectivity index (χ1v) is 9.76. The van der Waals surface area contributed by atoms with Crippen molar-refractivity contribution in [2.75, 3.05) is 25.5 Å². The van der Waals surface area contributed by atoms with E-state index in [1.54, 1.807) is 40.0 Å². The molecule has 2 N–H and O–H groups in total. The van der Waals surface area contributed by atoms with Gasteiger partial charge in [0.15, 0.2) is 0 Å². The number of imidazole rings is 1. The van der Waals surface area contributed by atoms with Crippen molar-refractivity contribution in [3.8, 4) is 0 Å². The standard InChI is InChI=1S/C21H17F3N6O2/c22-21(23,24)13-2-4-14(27-8-13)18-10-32-6-5-29(18)20(31)12-1-3-15-16(7-12)30-11-26-9-17(30)19(25)28-15/h1-4,7-9,11,18H,5-6,10H2,(H2,25,28). The van der Waals surface area contributed by atoms with Crippen LogP contribution < -0.4 is 5.73 Å². The van der Waals surface area contributed by atoms with Gasteiger partial charge in [0.1, 0.15) is 11.3 Å². The van der Waals surface area contributed by atoms with Gasteiger partial charge in [-0.25, -0.2) is 9.97 Å². The molecule has 0 bridgehead atoms. The SMILES string of the molecule is Nc1nc2ccc(C(=O)N3CCOCC3c3ccc(C(F)(F)F)cn3)cc2n2cncc12. The van der Waals surface area contributed by atoms with Crippen LogP contribution >= 0.6 is 0 Å². The van der Waals surface area contributed by atoms with E-state index >= 15 is 0 Å². The van der Waals surface area contributed by atoms with E-state index < -0.39 is 17.8 Å². The predicted octanol–water partition coefficient (Wildman–Crippen LogP) is 3.09. The molecule has 0 radical (unpaired) electrons. The lowest BCUT2D eigenvalue weighted by Gasteiger charge is -2.35. The van der Waals surface area contributed by atoms with Gasteiger partial charge in [0.2, 0.25) is 0 Å². The third-order valence-electron chi connectivity index (χ3n) is 5.47. The van der Waals surface area contributed by atoms with E-state index in [1.807, 2.05) is 0 Å². The van der Waals surface area contributed by atoms with E-state index in [-0.39, 0.29) is 19.1 Å². The maximum absolute atomic E-state index is 13.4. The number of alkyl halides is 3. The van der Waals surface area contributed by atoms with Gasteiger partial charge in [-0.1, -0.05) is 0 Å². The minimum absolute atomic E-state index is 0.140. The topological polar surface area (TPSA) is 98.6 Å². The van der Waals surface area contributed by atoms with Crippen molar-refractivity contribution < 1.29 is 22.7 Å². The molecule has 0 spiro atoms. The fraction of sp³-hybridized carbons (Fsp3) is 0.238. The smallest absolute Gasteiger partial charge is 0.382 e. The molecule has 1 aliphatic rings. The number of nitrogens with zero attached hydrogens (tertiary/aromatic N) is 5. The van der Waals surface area contributed by atoms with Crippen molar-refractivity contribution in [2.45, 2.75) is 12.2 Å². The molecule has 5 rings (SSSR count). The zero-order chi connectivity index (χ0) is 22.5. The normalized spacial score (nSPS) is 17.2. The number of nitrogen functional groups attached to an aromatic ring is 1. The summed E-state index contributed by atoms with van der Waals surface area (Å²) in [7, 11) is 0. The molecular formula is C21H17F3N6O2. The maximum atomic E-state index is 13.4. The lowest BCUT2D eigenvalue weighted by atomic mass is 10.1. The average molecular weight is 442 g/mol. The van der Waals surface area contributed by atoms with Crippen molar-refractivity contribution in [1.82, 2.24) is 24.3 Å². The highest BCUT2D eigenvalue weighted by molar-refractivity contribution is 5.98. The van der Waals surface area contributed by atoms with Gasteiger partial charge in [0.05, 0.1) is 54.1 Å². The number of halogens is 3.